The molecule has 0 bridgehead atoms. The van der Waals surface area contributed by atoms with Crippen LogP contribution in [-0.4, -0.2) is 24.7 Å². The Balaban J connectivity index is 3.52. The Kier molecular flexibility index (Phi) is 3.67. The first-order chi connectivity index (χ1) is 8.42. The van der Waals surface area contributed by atoms with Crippen LogP contribution in [0.3, 0.4) is 0 Å². The number of aromatic nitrogens is 1. The summed E-state index contributed by atoms with van der Waals surface area (Å²) in [7, 11) is -4.62. The quantitative estimate of drug-likeness (QED) is 0.651. The van der Waals surface area contributed by atoms with Gasteiger partial charge in [-0.3, -0.25) is 0 Å². The van der Waals surface area contributed by atoms with Crippen molar-refractivity contribution in [2.24, 2.45) is 5.14 Å². The van der Waals surface area contributed by atoms with Crippen LogP contribution in [0.15, 0.2) is 11.0 Å². The Morgan fingerprint density at radius 3 is 2.37 bits per heavy atom. The molecule has 0 radical (unpaired) electrons. The Morgan fingerprint density at radius 1 is 1.47 bits per heavy atom. The van der Waals surface area contributed by atoms with Crippen LogP contribution < -0.4 is 9.88 Å². The van der Waals surface area contributed by atoms with E-state index in [1.807, 2.05) is 0 Å². The highest BCUT2D eigenvalue weighted by Gasteiger charge is 2.35. The van der Waals surface area contributed by atoms with Crippen LogP contribution in [-0.2, 0) is 10.0 Å². The number of nitro groups is 1. The van der Waals surface area contributed by atoms with Gasteiger partial charge in [0.2, 0.25) is 10.0 Å². The molecule has 0 aliphatic carbocycles. The fourth-order valence-corrected chi connectivity index (χ4v) is 1.77. The van der Waals surface area contributed by atoms with Gasteiger partial charge in [0, 0.05) is 13.0 Å². The second kappa shape index (κ2) is 4.62. The third-order valence-corrected chi connectivity index (χ3v) is 2.73. The molecule has 0 atom stereocenters. The summed E-state index contributed by atoms with van der Waals surface area (Å²) in [6.45, 7) is 0.987. The smallest absolute Gasteiger partial charge is 0.401 e. The molecule has 0 fully saturated rings. The molecule has 0 amide bonds. The van der Waals surface area contributed by atoms with Gasteiger partial charge < -0.3 is 14.9 Å². The summed E-state index contributed by atoms with van der Waals surface area (Å²) in [5, 5.41) is 15.2. The predicted octanol–water partition coefficient (Wildman–Crippen LogP) is 0.844. The molecule has 0 unspecified atom stereocenters. The molecule has 0 saturated carbocycles. The third kappa shape index (κ3) is 3.75. The lowest BCUT2D eigenvalue weighted by Crippen LogP contribution is -2.20. The van der Waals surface area contributed by atoms with Gasteiger partial charge in [-0.05, 0) is 9.91 Å². The first-order valence-electron chi connectivity index (χ1n) is 4.36. The molecule has 0 aliphatic heterocycles. The summed E-state index contributed by atoms with van der Waals surface area (Å²) in [6, 6.07) is 0.309. The molecule has 1 heterocycles. The summed E-state index contributed by atoms with van der Waals surface area (Å²) < 4.78 is 61.8. The van der Waals surface area contributed by atoms with Crippen molar-refractivity contribution in [1.29, 1.82) is 0 Å². The first-order valence-corrected chi connectivity index (χ1v) is 5.91. The zero-order valence-corrected chi connectivity index (χ0v) is 9.95. The Bertz CT molecular complexity index is 628. The van der Waals surface area contributed by atoms with Gasteiger partial charge in [-0.1, -0.05) is 0 Å². The summed E-state index contributed by atoms with van der Waals surface area (Å²) in [5.41, 5.74) is -0.503. The van der Waals surface area contributed by atoms with Crippen LogP contribution in [0.2, 0.25) is 0 Å². The van der Waals surface area contributed by atoms with Gasteiger partial charge in [0.05, 0.1) is 0 Å². The maximum absolute atomic E-state index is 12.0. The fourth-order valence-electron chi connectivity index (χ4n) is 1.13. The number of nitrogens with two attached hydrogens (primary N) is 1. The highest BCUT2D eigenvalue weighted by atomic mass is 32.2. The molecule has 12 heteroatoms. The number of nitrogens with zero attached hydrogens (tertiary/aromatic N) is 2. The van der Waals surface area contributed by atoms with E-state index in [0.717, 1.165) is 6.92 Å². The van der Waals surface area contributed by atoms with Crippen LogP contribution in [0.5, 0.6) is 5.75 Å². The largest absolute Gasteiger partial charge is 0.573 e. The minimum atomic E-state index is -5.10. The van der Waals surface area contributed by atoms with Gasteiger partial charge in [-0.25, -0.2) is 13.6 Å². The lowest BCUT2D eigenvalue weighted by molar-refractivity contribution is -0.392. The predicted molar refractivity (Wildman–Crippen MR) is 53.7 cm³/mol. The molecule has 106 valence electrons. The monoisotopic (exact) mass is 301 g/mol. The van der Waals surface area contributed by atoms with Crippen LogP contribution in [0.1, 0.15) is 5.69 Å². The van der Waals surface area contributed by atoms with E-state index in [0.29, 0.717) is 6.07 Å². The van der Waals surface area contributed by atoms with Crippen LogP contribution in [0.4, 0.5) is 19.0 Å². The molecular weight excluding hydrogens is 295 g/mol. The number of rotatable bonds is 3. The number of hydrogen-bond acceptors (Lipinski definition) is 6. The number of primary sulfonamides is 1. The second-order valence-electron chi connectivity index (χ2n) is 3.24. The van der Waals surface area contributed by atoms with Crippen molar-refractivity contribution >= 4 is 15.8 Å². The number of alkyl halides is 3. The van der Waals surface area contributed by atoms with E-state index in [1.54, 1.807) is 0 Å². The van der Waals surface area contributed by atoms with Gasteiger partial charge in [0.25, 0.3) is 0 Å². The number of pyridine rings is 1. The summed E-state index contributed by atoms with van der Waals surface area (Å²) >= 11 is 0. The molecule has 1 aromatic heterocycles. The van der Waals surface area contributed by atoms with E-state index in [1.165, 1.54) is 0 Å². The maximum Gasteiger partial charge on any atom is 0.573 e. The number of hydrogen-bond donors (Lipinski definition) is 1. The van der Waals surface area contributed by atoms with Crippen LogP contribution in [0, 0.1) is 17.0 Å². The molecule has 2 N–H and O–H groups in total. The van der Waals surface area contributed by atoms with Gasteiger partial charge in [0.15, 0.2) is 16.3 Å². The normalized spacial score (nSPS) is 12.3. The summed E-state index contributed by atoms with van der Waals surface area (Å²) in [5.74, 6) is -2.16. The van der Waals surface area contributed by atoms with E-state index < -0.39 is 43.5 Å². The lowest BCUT2D eigenvalue weighted by atomic mass is 10.3. The van der Waals surface area contributed by atoms with Crippen molar-refractivity contribution in [2.45, 2.75) is 18.2 Å². The van der Waals surface area contributed by atoms with E-state index in [4.69, 9.17) is 0 Å². The van der Waals surface area contributed by atoms with E-state index >= 15 is 0 Å². The highest BCUT2D eigenvalue weighted by Crippen LogP contribution is 2.31. The molecule has 0 aliphatic rings. The van der Waals surface area contributed by atoms with Crippen LogP contribution >= 0.6 is 0 Å². The average Bonchev–Trinajstić information content (AvgIpc) is 2.16. The average molecular weight is 301 g/mol. The highest BCUT2D eigenvalue weighted by molar-refractivity contribution is 7.89. The minimum absolute atomic E-state index is 0.309. The van der Waals surface area contributed by atoms with Gasteiger partial charge >= 0.3 is 12.2 Å². The zero-order valence-electron chi connectivity index (χ0n) is 9.13. The van der Waals surface area contributed by atoms with Crippen molar-refractivity contribution in [3.8, 4) is 5.75 Å². The fraction of sp³-hybridized carbons (Fsp3) is 0.286. The van der Waals surface area contributed by atoms with Crippen LogP contribution in [0.25, 0.3) is 0 Å². The molecule has 0 saturated heterocycles. The number of halogens is 3. The van der Waals surface area contributed by atoms with Crippen molar-refractivity contribution in [3.05, 3.63) is 21.9 Å². The van der Waals surface area contributed by atoms with Gasteiger partial charge in [-0.2, -0.15) is 0 Å². The van der Waals surface area contributed by atoms with E-state index in [9.17, 15) is 31.7 Å². The summed E-state index contributed by atoms with van der Waals surface area (Å²) in [4.78, 5) is 11.4. The first kappa shape index (κ1) is 15.1. The van der Waals surface area contributed by atoms with E-state index in [-0.39, 0.29) is 0 Å². The Hall–Kier alpha value is -1.95. The molecule has 1 rings (SSSR count). The molecule has 0 spiro atoms. The van der Waals surface area contributed by atoms with Gasteiger partial charge in [-0.15, -0.1) is 13.2 Å². The summed E-state index contributed by atoms with van der Waals surface area (Å²) in [6.07, 6.45) is -5.10. The van der Waals surface area contributed by atoms with E-state index in [2.05, 4.69) is 14.9 Å². The number of ether oxygens (including phenoxy) is 1. The third-order valence-electron chi connectivity index (χ3n) is 1.82. The maximum atomic E-state index is 12.0. The van der Waals surface area contributed by atoms with Crippen molar-refractivity contribution in [1.82, 2.24) is 4.98 Å². The lowest BCUT2D eigenvalue weighted by Gasteiger charge is -2.10. The minimum Gasteiger partial charge on any atom is -0.401 e. The SMILES string of the molecule is Cc1nc([N+](=O)[O-])c(S(N)(=O)=O)cc1OC(F)(F)F. The zero-order chi connectivity index (χ0) is 15.0. The molecule has 8 nitrogen and oxygen atoms in total. The molecule has 0 aromatic carbocycles. The molecule has 1 aromatic rings. The second-order valence-corrected chi connectivity index (χ2v) is 4.77. The number of sulfonamides is 1. The van der Waals surface area contributed by atoms with Crippen molar-refractivity contribution in [3.63, 3.8) is 0 Å². The van der Waals surface area contributed by atoms with Crippen molar-refractivity contribution in [2.75, 3.05) is 0 Å². The molecule has 19 heavy (non-hydrogen) atoms. The Labute approximate surface area is 104 Å². The topological polar surface area (TPSA) is 125 Å². The van der Waals surface area contributed by atoms with Crippen molar-refractivity contribution < 1.29 is 31.2 Å². The number of aryl methyl sites for hydroxylation is 1. The van der Waals surface area contributed by atoms with Gasteiger partial charge in [0.1, 0.15) is 0 Å². The Morgan fingerprint density at radius 2 is 2.00 bits per heavy atom. The molecular formula is C7H6F3N3O5S. The standard InChI is InChI=1S/C7H6F3N3O5S/c1-3-4(18-7(8,9)10)2-5(19(11,16)17)6(12-3)13(14)15/h2H,1H3,(H2,11,16,17).